The summed E-state index contributed by atoms with van der Waals surface area (Å²) < 4.78 is 78.6. The van der Waals surface area contributed by atoms with Crippen molar-refractivity contribution in [1.82, 2.24) is 15.0 Å². The molecule has 1 aromatic carbocycles. The molecule has 1 unspecified atom stereocenters. The van der Waals surface area contributed by atoms with Crippen LogP contribution in [0.2, 0.25) is 0 Å². The Bertz CT molecular complexity index is 1120. The number of carbonyl (C=O) groups excluding carboxylic acids is 1. The van der Waals surface area contributed by atoms with E-state index < -0.39 is 39.8 Å². The first-order valence-electron chi connectivity index (χ1n) is 9.87. The van der Waals surface area contributed by atoms with Crippen LogP contribution in [-0.2, 0) is 21.0 Å². The van der Waals surface area contributed by atoms with Gasteiger partial charge in [-0.1, -0.05) is 32.1 Å². The van der Waals surface area contributed by atoms with Crippen LogP contribution >= 0.6 is 0 Å². The summed E-state index contributed by atoms with van der Waals surface area (Å²) in [6.45, 7) is 5.85. The molecular formula is C21H24F4N4O3S. The van der Waals surface area contributed by atoms with E-state index in [1.807, 2.05) is 6.92 Å². The molecular weight excluding hydrogens is 464 g/mol. The minimum Gasteiger partial charge on any atom is -0.370 e. The number of sulfonamides is 1. The van der Waals surface area contributed by atoms with Crippen LogP contribution in [-0.4, -0.2) is 32.1 Å². The summed E-state index contributed by atoms with van der Waals surface area (Å²) in [6, 6.07) is 6.68. The monoisotopic (exact) mass is 488 g/mol. The minimum atomic E-state index is -4.69. The van der Waals surface area contributed by atoms with Crippen LogP contribution in [0.15, 0.2) is 43.0 Å². The average Bonchev–Trinajstić information content (AvgIpc) is 2.71. The third-order valence-electron chi connectivity index (χ3n) is 4.40. The van der Waals surface area contributed by atoms with Gasteiger partial charge in [0.1, 0.15) is 23.5 Å². The molecule has 0 spiro atoms. The molecule has 0 radical (unpaired) electrons. The highest BCUT2D eigenvalue weighted by Crippen LogP contribution is 2.31. The van der Waals surface area contributed by atoms with E-state index in [1.54, 1.807) is 0 Å². The summed E-state index contributed by atoms with van der Waals surface area (Å²) in [5, 5.41) is 5.16. The summed E-state index contributed by atoms with van der Waals surface area (Å²) >= 11 is 0. The topological polar surface area (TPSA) is 100 Å². The largest absolute Gasteiger partial charge is 0.433 e. The number of halogens is 4. The average molecular weight is 489 g/mol. The van der Waals surface area contributed by atoms with Crippen LogP contribution in [0.25, 0.3) is 5.57 Å². The third-order valence-corrected chi connectivity index (χ3v) is 5.06. The highest BCUT2D eigenvalue weighted by atomic mass is 32.2. The van der Waals surface area contributed by atoms with Crippen molar-refractivity contribution >= 4 is 27.3 Å². The van der Waals surface area contributed by atoms with Gasteiger partial charge >= 0.3 is 6.18 Å². The molecule has 0 bridgehead atoms. The Morgan fingerprint density at radius 3 is 2.48 bits per heavy atom. The lowest BCUT2D eigenvalue weighted by atomic mass is 10.1. The first-order valence-corrected chi connectivity index (χ1v) is 11.8. The molecule has 1 amide bonds. The molecule has 0 aliphatic rings. The number of hydrogen-bond acceptors (Lipinski definition) is 5. The zero-order valence-electron chi connectivity index (χ0n) is 18.0. The van der Waals surface area contributed by atoms with Crippen LogP contribution in [0, 0.1) is 5.82 Å². The molecule has 1 atom stereocenters. The van der Waals surface area contributed by atoms with E-state index in [4.69, 9.17) is 0 Å². The predicted molar refractivity (Wildman–Crippen MR) is 117 cm³/mol. The fourth-order valence-electron chi connectivity index (χ4n) is 2.80. The molecule has 0 saturated heterocycles. The lowest BCUT2D eigenvalue weighted by Gasteiger charge is -2.21. The first kappa shape index (κ1) is 26.3. The maximum absolute atomic E-state index is 13.6. The van der Waals surface area contributed by atoms with Gasteiger partial charge in [0.25, 0.3) is 5.91 Å². The molecule has 7 nitrogen and oxygen atoms in total. The molecule has 0 fully saturated rings. The molecule has 0 aliphatic carbocycles. The second-order valence-corrected chi connectivity index (χ2v) is 8.98. The Morgan fingerprint density at radius 2 is 1.91 bits per heavy atom. The highest BCUT2D eigenvalue weighted by Gasteiger charge is 2.33. The number of alkyl halides is 3. The molecule has 0 aliphatic heterocycles. The fraction of sp³-hybridized carbons (Fsp3) is 0.333. The van der Waals surface area contributed by atoms with E-state index >= 15 is 0 Å². The van der Waals surface area contributed by atoms with E-state index in [-0.39, 0.29) is 22.5 Å². The molecule has 2 aromatic rings. The van der Waals surface area contributed by atoms with E-state index in [9.17, 15) is 30.8 Å². The number of unbranched alkanes of at least 4 members (excludes halogenated alkanes) is 1. The van der Waals surface area contributed by atoms with Crippen molar-refractivity contribution in [2.75, 3.05) is 18.1 Å². The Morgan fingerprint density at radius 1 is 1.21 bits per heavy atom. The third kappa shape index (κ3) is 7.82. The molecule has 1 heterocycles. The second-order valence-electron chi connectivity index (χ2n) is 7.20. The van der Waals surface area contributed by atoms with Crippen LogP contribution in [0.5, 0.6) is 0 Å². The van der Waals surface area contributed by atoms with E-state index in [0.29, 0.717) is 13.0 Å². The lowest BCUT2D eigenvalue weighted by Crippen LogP contribution is -2.41. The van der Waals surface area contributed by atoms with Gasteiger partial charge in [0.15, 0.2) is 0 Å². The van der Waals surface area contributed by atoms with Gasteiger partial charge in [-0.05, 0) is 36.2 Å². The van der Waals surface area contributed by atoms with E-state index in [0.717, 1.165) is 36.9 Å². The Kier molecular flexibility index (Phi) is 8.56. The number of amides is 1. The molecule has 2 rings (SSSR count). The number of nitrogens with zero attached hydrogens (tertiary/aromatic N) is 1. The summed E-state index contributed by atoms with van der Waals surface area (Å²) in [6.07, 6.45) is -3.76. The van der Waals surface area contributed by atoms with Crippen molar-refractivity contribution in [2.24, 2.45) is 0 Å². The number of nitrogens with one attached hydrogen (secondary N) is 3. The van der Waals surface area contributed by atoms with Crippen molar-refractivity contribution in [2.45, 2.75) is 32.1 Å². The Labute approximate surface area is 189 Å². The van der Waals surface area contributed by atoms with Crippen molar-refractivity contribution in [3.05, 3.63) is 65.6 Å². The minimum absolute atomic E-state index is 0.00829. The van der Waals surface area contributed by atoms with Crippen LogP contribution in [0.4, 0.5) is 23.4 Å². The molecule has 180 valence electrons. The first-order chi connectivity index (χ1) is 15.3. The molecule has 33 heavy (non-hydrogen) atoms. The standard InChI is InChI=1S/C21H24F4N4O3S/c1-4-5-11-26-19-16(9-10-17(27-19)21(23,24)25)13(2)20(30)28-18(29-33(3,31)32)14-7-6-8-15(22)12-14/h6-10,12,18,29H,2,4-5,11H2,1,3H3,(H,26,27)(H,28,30). The van der Waals surface area contributed by atoms with Crippen molar-refractivity contribution < 1.29 is 30.8 Å². The van der Waals surface area contributed by atoms with Crippen molar-refractivity contribution in [3.63, 3.8) is 0 Å². The van der Waals surface area contributed by atoms with Gasteiger partial charge in [-0.15, -0.1) is 0 Å². The number of rotatable bonds is 10. The number of carbonyl (C=O) groups is 1. The van der Waals surface area contributed by atoms with Gasteiger partial charge in [0.05, 0.1) is 6.26 Å². The van der Waals surface area contributed by atoms with Crippen LogP contribution < -0.4 is 15.4 Å². The molecule has 0 saturated carbocycles. The molecule has 12 heteroatoms. The van der Waals surface area contributed by atoms with Gasteiger partial charge in [-0.2, -0.15) is 17.9 Å². The fourth-order valence-corrected chi connectivity index (χ4v) is 3.42. The van der Waals surface area contributed by atoms with Crippen LogP contribution in [0.1, 0.15) is 42.8 Å². The van der Waals surface area contributed by atoms with E-state index in [1.165, 1.54) is 12.1 Å². The highest BCUT2D eigenvalue weighted by molar-refractivity contribution is 7.88. The van der Waals surface area contributed by atoms with Gasteiger partial charge in [-0.3, -0.25) is 4.79 Å². The molecule has 3 N–H and O–H groups in total. The van der Waals surface area contributed by atoms with Crippen molar-refractivity contribution in [1.29, 1.82) is 0 Å². The number of pyridine rings is 1. The normalized spacial score (nSPS) is 12.8. The summed E-state index contributed by atoms with van der Waals surface area (Å²) in [5.41, 5.74) is -1.29. The number of benzene rings is 1. The zero-order chi connectivity index (χ0) is 24.8. The summed E-state index contributed by atoms with van der Waals surface area (Å²) in [4.78, 5) is 16.4. The Hall–Kier alpha value is -2.99. The lowest BCUT2D eigenvalue weighted by molar-refractivity contribution is -0.141. The van der Waals surface area contributed by atoms with Gasteiger partial charge in [0.2, 0.25) is 10.0 Å². The van der Waals surface area contributed by atoms with Crippen LogP contribution in [0.3, 0.4) is 0 Å². The zero-order valence-corrected chi connectivity index (χ0v) is 18.8. The van der Waals surface area contributed by atoms with Gasteiger partial charge in [-0.25, -0.2) is 17.8 Å². The van der Waals surface area contributed by atoms with Gasteiger partial charge in [0, 0.05) is 17.7 Å². The second kappa shape index (κ2) is 10.8. The number of aromatic nitrogens is 1. The SMILES string of the molecule is C=C(C(=O)NC(NS(C)(=O)=O)c1cccc(F)c1)c1ccc(C(F)(F)F)nc1NCCCC. The smallest absolute Gasteiger partial charge is 0.370 e. The maximum Gasteiger partial charge on any atom is 0.433 e. The Balaban J connectivity index is 2.36. The van der Waals surface area contributed by atoms with Crippen molar-refractivity contribution in [3.8, 4) is 0 Å². The number of anilines is 1. The predicted octanol–water partition coefficient (Wildman–Crippen LogP) is 3.83. The maximum atomic E-state index is 13.6. The van der Waals surface area contributed by atoms with Gasteiger partial charge < -0.3 is 10.6 Å². The van der Waals surface area contributed by atoms with E-state index in [2.05, 4.69) is 26.9 Å². The number of hydrogen-bond donors (Lipinski definition) is 3. The molecule has 1 aromatic heterocycles. The summed E-state index contributed by atoms with van der Waals surface area (Å²) in [5.74, 6) is -1.73. The summed E-state index contributed by atoms with van der Waals surface area (Å²) in [7, 11) is -3.83. The quantitative estimate of drug-likeness (QED) is 0.204.